The van der Waals surface area contributed by atoms with Gasteiger partial charge in [0.2, 0.25) is 10.0 Å². The largest absolute Gasteiger partial charge is 0.469 e. The van der Waals surface area contributed by atoms with Crippen LogP contribution in [0.3, 0.4) is 0 Å². The number of nitrogens with one attached hydrogen (secondary N) is 1. The number of hydrogen-bond acceptors (Lipinski definition) is 3. The SMILES string of the molecule is CC(CCl)CS(=O)(=O)NC(C)Cc1ccco1. The van der Waals surface area contributed by atoms with E-state index < -0.39 is 10.0 Å². The molecule has 1 aromatic rings. The lowest BCUT2D eigenvalue weighted by Gasteiger charge is -2.14. The first kappa shape index (κ1) is 14.5. The van der Waals surface area contributed by atoms with Crippen LogP contribution in [-0.4, -0.2) is 26.1 Å². The fourth-order valence-corrected chi connectivity index (χ4v) is 3.44. The summed E-state index contributed by atoms with van der Waals surface area (Å²) < 4.78 is 31.3. The van der Waals surface area contributed by atoms with Gasteiger partial charge in [0.05, 0.1) is 12.0 Å². The molecule has 2 unspecified atom stereocenters. The molecule has 0 aliphatic rings. The fourth-order valence-electron chi connectivity index (χ4n) is 1.55. The van der Waals surface area contributed by atoms with Gasteiger partial charge in [-0.15, -0.1) is 11.6 Å². The van der Waals surface area contributed by atoms with Gasteiger partial charge in [-0.2, -0.15) is 0 Å². The van der Waals surface area contributed by atoms with E-state index in [-0.39, 0.29) is 17.7 Å². The molecule has 0 radical (unpaired) electrons. The smallest absolute Gasteiger partial charge is 0.212 e. The second kappa shape index (κ2) is 6.42. The molecule has 1 N–H and O–H groups in total. The lowest BCUT2D eigenvalue weighted by molar-refractivity contribution is 0.478. The van der Waals surface area contributed by atoms with Gasteiger partial charge in [-0.3, -0.25) is 0 Å². The summed E-state index contributed by atoms with van der Waals surface area (Å²) in [6, 6.07) is 3.42. The minimum absolute atomic E-state index is 0.0509. The molecule has 98 valence electrons. The third-order valence-electron chi connectivity index (χ3n) is 2.24. The molecule has 0 fully saturated rings. The van der Waals surface area contributed by atoms with Gasteiger partial charge in [0.1, 0.15) is 5.76 Å². The first-order valence-electron chi connectivity index (χ1n) is 5.51. The Hall–Kier alpha value is -0.520. The summed E-state index contributed by atoms with van der Waals surface area (Å²) in [6.45, 7) is 3.62. The van der Waals surface area contributed by atoms with Crippen molar-refractivity contribution < 1.29 is 12.8 Å². The average molecular weight is 280 g/mol. The molecule has 1 rings (SSSR count). The van der Waals surface area contributed by atoms with Crippen molar-refractivity contribution in [1.29, 1.82) is 0 Å². The Bertz CT molecular complexity index is 416. The molecule has 0 saturated heterocycles. The number of hydrogen-bond donors (Lipinski definition) is 1. The standard InChI is InChI=1S/C11H18ClNO3S/c1-9(7-12)8-17(14,15)13-10(2)6-11-4-3-5-16-11/h3-5,9-10,13H,6-8H2,1-2H3. The van der Waals surface area contributed by atoms with Gasteiger partial charge in [0.15, 0.2) is 0 Å². The summed E-state index contributed by atoms with van der Waals surface area (Å²) in [6.07, 6.45) is 2.12. The van der Waals surface area contributed by atoms with Gasteiger partial charge in [-0.1, -0.05) is 6.92 Å². The lowest BCUT2D eigenvalue weighted by atomic mass is 10.2. The van der Waals surface area contributed by atoms with E-state index in [0.29, 0.717) is 12.3 Å². The average Bonchev–Trinajstić information content (AvgIpc) is 2.68. The van der Waals surface area contributed by atoms with Crippen LogP contribution in [0.4, 0.5) is 0 Å². The van der Waals surface area contributed by atoms with Gasteiger partial charge in [0.25, 0.3) is 0 Å². The zero-order valence-electron chi connectivity index (χ0n) is 10.0. The molecule has 0 aliphatic carbocycles. The minimum atomic E-state index is -3.27. The predicted octanol–water partition coefficient (Wildman–Crippen LogP) is 2.00. The fraction of sp³-hybridized carbons (Fsp3) is 0.636. The van der Waals surface area contributed by atoms with Gasteiger partial charge in [0, 0.05) is 18.3 Å². The van der Waals surface area contributed by atoms with Crippen molar-refractivity contribution >= 4 is 21.6 Å². The van der Waals surface area contributed by atoms with Crippen molar-refractivity contribution in [1.82, 2.24) is 4.72 Å². The first-order valence-corrected chi connectivity index (χ1v) is 7.70. The summed E-state index contributed by atoms with van der Waals surface area (Å²) in [7, 11) is -3.27. The Labute approximate surface area is 107 Å². The number of rotatable bonds is 7. The number of furan rings is 1. The summed E-state index contributed by atoms with van der Waals surface area (Å²) in [5.74, 6) is 1.11. The Balaban J connectivity index is 2.47. The molecule has 2 atom stereocenters. The van der Waals surface area contributed by atoms with Crippen molar-refractivity contribution in [3.05, 3.63) is 24.2 Å². The zero-order chi connectivity index (χ0) is 12.9. The monoisotopic (exact) mass is 279 g/mol. The highest BCUT2D eigenvalue weighted by Crippen LogP contribution is 2.07. The second-order valence-corrected chi connectivity index (χ2v) is 6.45. The molecule has 4 nitrogen and oxygen atoms in total. The number of alkyl halides is 1. The molecule has 17 heavy (non-hydrogen) atoms. The minimum Gasteiger partial charge on any atom is -0.469 e. The molecule has 0 amide bonds. The molecule has 0 aliphatic heterocycles. The highest BCUT2D eigenvalue weighted by Gasteiger charge is 2.18. The van der Waals surface area contributed by atoms with E-state index in [9.17, 15) is 8.42 Å². The van der Waals surface area contributed by atoms with Crippen LogP contribution in [0.15, 0.2) is 22.8 Å². The van der Waals surface area contributed by atoms with E-state index in [0.717, 1.165) is 5.76 Å². The summed E-state index contributed by atoms with van der Waals surface area (Å²) >= 11 is 5.60. The Morgan fingerprint density at radius 3 is 2.71 bits per heavy atom. The normalized spacial score (nSPS) is 15.7. The van der Waals surface area contributed by atoms with Crippen molar-refractivity contribution in [2.24, 2.45) is 5.92 Å². The first-order chi connectivity index (χ1) is 7.93. The van der Waals surface area contributed by atoms with Crippen LogP contribution < -0.4 is 4.72 Å². The van der Waals surface area contributed by atoms with Crippen LogP contribution >= 0.6 is 11.6 Å². The molecule has 0 bridgehead atoms. The van der Waals surface area contributed by atoms with Crippen LogP contribution in [-0.2, 0) is 16.4 Å². The highest BCUT2D eigenvalue weighted by atomic mass is 35.5. The molecule has 1 aromatic heterocycles. The number of sulfonamides is 1. The third kappa shape index (κ3) is 5.57. The van der Waals surface area contributed by atoms with E-state index in [1.165, 1.54) is 0 Å². The predicted molar refractivity (Wildman–Crippen MR) is 68.7 cm³/mol. The van der Waals surface area contributed by atoms with Gasteiger partial charge in [-0.05, 0) is 25.0 Å². The molecule has 6 heteroatoms. The van der Waals surface area contributed by atoms with E-state index in [4.69, 9.17) is 16.0 Å². The van der Waals surface area contributed by atoms with E-state index in [1.807, 2.05) is 19.9 Å². The molecule has 1 heterocycles. The van der Waals surface area contributed by atoms with Crippen LogP contribution in [0.5, 0.6) is 0 Å². The van der Waals surface area contributed by atoms with Gasteiger partial charge >= 0.3 is 0 Å². The topological polar surface area (TPSA) is 59.3 Å². The van der Waals surface area contributed by atoms with Crippen molar-refractivity contribution in [2.75, 3.05) is 11.6 Å². The van der Waals surface area contributed by atoms with Crippen LogP contribution in [0.1, 0.15) is 19.6 Å². The third-order valence-corrected chi connectivity index (χ3v) is 4.53. The molecular formula is C11H18ClNO3S. The highest BCUT2D eigenvalue weighted by molar-refractivity contribution is 7.89. The molecular weight excluding hydrogens is 262 g/mol. The summed E-state index contributed by atoms with van der Waals surface area (Å²) in [5.41, 5.74) is 0. The maximum atomic E-state index is 11.7. The number of halogens is 1. The Kier molecular flexibility index (Phi) is 5.49. The van der Waals surface area contributed by atoms with Crippen LogP contribution in [0, 0.1) is 5.92 Å². The van der Waals surface area contributed by atoms with E-state index in [2.05, 4.69) is 4.72 Å². The maximum absolute atomic E-state index is 11.7. The van der Waals surface area contributed by atoms with E-state index in [1.54, 1.807) is 12.3 Å². The second-order valence-electron chi connectivity index (χ2n) is 4.34. The van der Waals surface area contributed by atoms with Crippen molar-refractivity contribution in [2.45, 2.75) is 26.3 Å². The quantitative estimate of drug-likeness (QED) is 0.777. The molecule has 0 spiro atoms. The van der Waals surface area contributed by atoms with Crippen molar-refractivity contribution in [3.8, 4) is 0 Å². The lowest BCUT2D eigenvalue weighted by Crippen LogP contribution is -2.37. The Morgan fingerprint density at radius 2 is 2.18 bits per heavy atom. The van der Waals surface area contributed by atoms with E-state index >= 15 is 0 Å². The summed E-state index contributed by atoms with van der Waals surface area (Å²) in [4.78, 5) is 0. The Morgan fingerprint density at radius 1 is 1.47 bits per heavy atom. The van der Waals surface area contributed by atoms with Gasteiger partial charge < -0.3 is 4.42 Å². The van der Waals surface area contributed by atoms with Crippen LogP contribution in [0.2, 0.25) is 0 Å². The zero-order valence-corrected chi connectivity index (χ0v) is 11.6. The summed E-state index contributed by atoms with van der Waals surface area (Å²) in [5, 5.41) is 0. The maximum Gasteiger partial charge on any atom is 0.212 e. The molecule has 0 saturated carbocycles. The molecule has 0 aromatic carbocycles. The van der Waals surface area contributed by atoms with Crippen molar-refractivity contribution in [3.63, 3.8) is 0 Å². The van der Waals surface area contributed by atoms with Crippen LogP contribution in [0.25, 0.3) is 0 Å². The van der Waals surface area contributed by atoms with Gasteiger partial charge in [-0.25, -0.2) is 13.1 Å².